The fraction of sp³-hybridized carbons (Fsp3) is 0.273. The standard InChI is InChI=1S/C22H21ClN4O2/c23-18-8-6-17(7-9-18)21-26-19(14-24)22(29-21)25-15-20(16-4-2-1-3-5-16)27-10-12-28-13-11-27/h1-9,20,25H,10-13,15H2/t20-/m1/s1. The maximum atomic E-state index is 9.49. The number of ether oxygens (including phenoxy) is 1. The zero-order valence-corrected chi connectivity index (χ0v) is 16.6. The molecule has 4 rings (SSSR count). The molecule has 0 amide bonds. The summed E-state index contributed by atoms with van der Waals surface area (Å²) in [6.45, 7) is 3.75. The van der Waals surface area contributed by atoms with Crippen molar-refractivity contribution in [3.05, 3.63) is 70.9 Å². The van der Waals surface area contributed by atoms with Crippen LogP contribution >= 0.6 is 11.6 Å². The lowest BCUT2D eigenvalue weighted by atomic mass is 10.0. The van der Waals surface area contributed by atoms with Crippen molar-refractivity contribution in [2.24, 2.45) is 0 Å². The van der Waals surface area contributed by atoms with Crippen LogP contribution in [0.4, 0.5) is 5.88 Å². The molecule has 148 valence electrons. The second-order valence-corrected chi connectivity index (χ2v) is 7.21. The average Bonchev–Trinajstić information content (AvgIpc) is 3.19. The van der Waals surface area contributed by atoms with Crippen LogP contribution in [0.1, 0.15) is 17.3 Å². The van der Waals surface area contributed by atoms with Crippen molar-refractivity contribution in [2.75, 3.05) is 38.2 Å². The van der Waals surface area contributed by atoms with Gasteiger partial charge in [-0.25, -0.2) is 0 Å². The highest BCUT2D eigenvalue weighted by Crippen LogP contribution is 2.28. The number of rotatable bonds is 6. The monoisotopic (exact) mass is 408 g/mol. The van der Waals surface area contributed by atoms with Gasteiger partial charge in [-0.1, -0.05) is 41.9 Å². The summed E-state index contributed by atoms with van der Waals surface area (Å²) in [6.07, 6.45) is 0. The lowest BCUT2D eigenvalue weighted by Gasteiger charge is -2.34. The van der Waals surface area contributed by atoms with Gasteiger partial charge < -0.3 is 14.5 Å². The average molecular weight is 409 g/mol. The van der Waals surface area contributed by atoms with Crippen LogP contribution in [-0.2, 0) is 4.74 Å². The van der Waals surface area contributed by atoms with E-state index in [9.17, 15) is 5.26 Å². The van der Waals surface area contributed by atoms with Gasteiger partial charge in [0.15, 0.2) is 0 Å². The summed E-state index contributed by atoms with van der Waals surface area (Å²) in [4.78, 5) is 6.71. The third-order valence-electron chi connectivity index (χ3n) is 4.95. The minimum Gasteiger partial charge on any atom is -0.419 e. The molecule has 29 heavy (non-hydrogen) atoms. The quantitative estimate of drug-likeness (QED) is 0.653. The SMILES string of the molecule is N#Cc1nc(-c2ccc(Cl)cc2)oc1NC[C@H](c1ccccc1)N1CCOCC1. The van der Waals surface area contributed by atoms with Crippen LogP contribution in [0.2, 0.25) is 5.02 Å². The van der Waals surface area contributed by atoms with Gasteiger partial charge in [-0.05, 0) is 29.8 Å². The second-order valence-electron chi connectivity index (χ2n) is 6.77. The Balaban J connectivity index is 1.55. The van der Waals surface area contributed by atoms with Crippen LogP contribution in [0.3, 0.4) is 0 Å². The topological polar surface area (TPSA) is 74.3 Å². The van der Waals surface area contributed by atoms with Gasteiger partial charge in [-0.15, -0.1) is 0 Å². The number of hydrogen-bond donors (Lipinski definition) is 1. The molecular formula is C22H21ClN4O2. The Morgan fingerprint density at radius 1 is 1.10 bits per heavy atom. The molecule has 3 aromatic rings. The molecule has 7 heteroatoms. The summed E-state index contributed by atoms with van der Waals surface area (Å²) in [7, 11) is 0. The summed E-state index contributed by atoms with van der Waals surface area (Å²) in [5.74, 6) is 0.773. The van der Waals surface area contributed by atoms with E-state index in [1.165, 1.54) is 5.56 Å². The van der Waals surface area contributed by atoms with Crippen LogP contribution < -0.4 is 5.32 Å². The summed E-state index contributed by atoms with van der Waals surface area (Å²) in [5, 5.41) is 13.4. The first-order valence-electron chi connectivity index (χ1n) is 9.52. The summed E-state index contributed by atoms with van der Waals surface area (Å²) in [6, 6.07) is 19.7. The first kappa shape index (κ1) is 19.5. The number of benzene rings is 2. The molecule has 1 aromatic heterocycles. The summed E-state index contributed by atoms with van der Waals surface area (Å²) in [5.41, 5.74) is 2.22. The maximum Gasteiger partial charge on any atom is 0.232 e. The number of nitrogens with one attached hydrogen (secondary N) is 1. The lowest BCUT2D eigenvalue weighted by molar-refractivity contribution is 0.0186. The van der Waals surface area contributed by atoms with E-state index in [0.717, 1.165) is 31.9 Å². The predicted octanol–water partition coefficient (Wildman–Crippen LogP) is 4.35. The van der Waals surface area contributed by atoms with Crippen LogP contribution in [0.5, 0.6) is 0 Å². The molecule has 2 heterocycles. The third kappa shape index (κ3) is 4.60. The van der Waals surface area contributed by atoms with E-state index in [2.05, 4.69) is 33.4 Å². The van der Waals surface area contributed by atoms with Crippen molar-refractivity contribution in [3.63, 3.8) is 0 Å². The van der Waals surface area contributed by atoms with E-state index < -0.39 is 0 Å². The van der Waals surface area contributed by atoms with E-state index in [1.54, 1.807) is 12.1 Å². The zero-order chi connectivity index (χ0) is 20.1. The molecule has 2 aromatic carbocycles. The predicted molar refractivity (Wildman–Crippen MR) is 112 cm³/mol. The number of hydrogen-bond acceptors (Lipinski definition) is 6. The Kier molecular flexibility index (Phi) is 6.11. The fourth-order valence-electron chi connectivity index (χ4n) is 3.44. The lowest BCUT2D eigenvalue weighted by Crippen LogP contribution is -2.41. The van der Waals surface area contributed by atoms with Gasteiger partial charge in [0.2, 0.25) is 17.5 Å². The smallest absolute Gasteiger partial charge is 0.232 e. The second kappa shape index (κ2) is 9.10. The number of anilines is 1. The van der Waals surface area contributed by atoms with Crippen molar-refractivity contribution in [2.45, 2.75) is 6.04 Å². The minimum absolute atomic E-state index is 0.135. The fourth-order valence-corrected chi connectivity index (χ4v) is 3.57. The van der Waals surface area contributed by atoms with Gasteiger partial charge in [0.1, 0.15) is 6.07 Å². The molecule has 1 saturated heterocycles. The van der Waals surface area contributed by atoms with Gasteiger partial charge in [0.25, 0.3) is 0 Å². The number of aromatic nitrogens is 1. The molecule has 0 saturated carbocycles. The molecule has 0 radical (unpaired) electrons. The Labute approximate surface area is 174 Å². The molecule has 1 aliphatic heterocycles. The normalized spacial score (nSPS) is 15.6. The van der Waals surface area contributed by atoms with Crippen LogP contribution in [0.25, 0.3) is 11.5 Å². The van der Waals surface area contributed by atoms with Crippen molar-refractivity contribution >= 4 is 17.5 Å². The summed E-state index contributed by atoms with van der Waals surface area (Å²) < 4.78 is 11.4. The highest BCUT2D eigenvalue weighted by Gasteiger charge is 2.24. The minimum atomic E-state index is 0.135. The zero-order valence-electron chi connectivity index (χ0n) is 15.8. The van der Waals surface area contributed by atoms with Gasteiger partial charge in [-0.3, -0.25) is 4.90 Å². The highest BCUT2D eigenvalue weighted by molar-refractivity contribution is 6.30. The first-order valence-corrected chi connectivity index (χ1v) is 9.90. The van der Waals surface area contributed by atoms with E-state index in [4.69, 9.17) is 20.8 Å². The molecular weight excluding hydrogens is 388 g/mol. The molecule has 0 spiro atoms. The molecule has 1 aliphatic rings. The highest BCUT2D eigenvalue weighted by atomic mass is 35.5. The van der Waals surface area contributed by atoms with Crippen LogP contribution in [0, 0.1) is 11.3 Å². The number of nitriles is 1. The van der Waals surface area contributed by atoms with E-state index in [-0.39, 0.29) is 11.7 Å². The third-order valence-corrected chi connectivity index (χ3v) is 5.20. The Hall–Kier alpha value is -2.85. The number of oxazole rings is 1. The molecule has 1 fully saturated rings. The molecule has 0 unspecified atom stereocenters. The van der Waals surface area contributed by atoms with E-state index in [0.29, 0.717) is 23.3 Å². The molecule has 0 bridgehead atoms. The molecule has 1 N–H and O–H groups in total. The number of halogens is 1. The Morgan fingerprint density at radius 2 is 1.83 bits per heavy atom. The summed E-state index contributed by atoms with van der Waals surface area (Å²) >= 11 is 5.95. The largest absolute Gasteiger partial charge is 0.419 e. The van der Waals surface area contributed by atoms with Gasteiger partial charge in [-0.2, -0.15) is 10.2 Å². The van der Waals surface area contributed by atoms with Gasteiger partial charge in [0, 0.05) is 30.2 Å². The number of nitrogens with zero attached hydrogens (tertiary/aromatic N) is 3. The van der Waals surface area contributed by atoms with Gasteiger partial charge in [0.05, 0.1) is 19.3 Å². The molecule has 1 atom stereocenters. The molecule has 0 aliphatic carbocycles. The van der Waals surface area contributed by atoms with Crippen LogP contribution in [-0.4, -0.2) is 42.7 Å². The van der Waals surface area contributed by atoms with Crippen molar-refractivity contribution in [1.29, 1.82) is 5.26 Å². The first-order chi connectivity index (χ1) is 14.2. The molecule has 6 nitrogen and oxygen atoms in total. The van der Waals surface area contributed by atoms with Gasteiger partial charge >= 0.3 is 0 Å². The Morgan fingerprint density at radius 3 is 2.52 bits per heavy atom. The number of morpholine rings is 1. The van der Waals surface area contributed by atoms with Crippen molar-refractivity contribution in [3.8, 4) is 17.5 Å². The van der Waals surface area contributed by atoms with Crippen molar-refractivity contribution < 1.29 is 9.15 Å². The van der Waals surface area contributed by atoms with Crippen LogP contribution in [0.15, 0.2) is 59.0 Å². The Bertz CT molecular complexity index is 976. The van der Waals surface area contributed by atoms with Crippen molar-refractivity contribution in [1.82, 2.24) is 9.88 Å². The van der Waals surface area contributed by atoms with E-state index >= 15 is 0 Å². The van der Waals surface area contributed by atoms with E-state index in [1.807, 2.05) is 30.3 Å². The maximum absolute atomic E-state index is 9.49.